The van der Waals surface area contributed by atoms with Crippen molar-refractivity contribution in [2.75, 3.05) is 5.32 Å². The highest BCUT2D eigenvalue weighted by atomic mass is 32.2. The maximum absolute atomic E-state index is 12.6. The Hall–Kier alpha value is -2.78. The van der Waals surface area contributed by atoms with E-state index in [0.29, 0.717) is 11.1 Å². The van der Waals surface area contributed by atoms with Crippen LogP contribution in [0, 0.1) is 24.0 Å². The van der Waals surface area contributed by atoms with Crippen LogP contribution in [0.5, 0.6) is 0 Å². The number of hydrogen-bond acceptors (Lipinski definition) is 5. The summed E-state index contributed by atoms with van der Waals surface area (Å²) in [7, 11) is -3.69. The smallest absolute Gasteiger partial charge is 0.274 e. The molecule has 2 N–H and O–H groups in total. The van der Waals surface area contributed by atoms with Crippen molar-refractivity contribution in [1.82, 2.24) is 4.72 Å². The zero-order valence-electron chi connectivity index (χ0n) is 14.9. The number of carbonyl (C=O) groups excluding carboxylic acids is 1. The molecule has 2 aromatic carbocycles. The van der Waals surface area contributed by atoms with Crippen molar-refractivity contribution in [1.29, 1.82) is 0 Å². The Kier molecular flexibility index (Phi) is 4.99. The lowest BCUT2D eigenvalue weighted by atomic mass is 10.1. The molecule has 1 aliphatic carbocycles. The highest BCUT2D eigenvalue weighted by Gasteiger charge is 2.28. The molecule has 1 fully saturated rings. The topological polar surface area (TPSA) is 118 Å². The Morgan fingerprint density at radius 2 is 1.78 bits per heavy atom. The van der Waals surface area contributed by atoms with Gasteiger partial charge in [-0.25, -0.2) is 13.1 Å². The predicted molar refractivity (Wildman–Crippen MR) is 100 cm³/mol. The van der Waals surface area contributed by atoms with Gasteiger partial charge in [-0.1, -0.05) is 12.1 Å². The highest BCUT2D eigenvalue weighted by molar-refractivity contribution is 7.89. The summed E-state index contributed by atoms with van der Waals surface area (Å²) >= 11 is 0. The maximum atomic E-state index is 12.6. The molecule has 8 nitrogen and oxygen atoms in total. The van der Waals surface area contributed by atoms with Gasteiger partial charge in [0, 0.05) is 28.9 Å². The molecule has 2 aromatic rings. The van der Waals surface area contributed by atoms with E-state index >= 15 is 0 Å². The van der Waals surface area contributed by atoms with Crippen LogP contribution < -0.4 is 10.0 Å². The average Bonchev–Trinajstić information content (AvgIpc) is 3.39. The minimum absolute atomic E-state index is 0.0139. The summed E-state index contributed by atoms with van der Waals surface area (Å²) in [6, 6.07) is 8.67. The molecule has 1 aliphatic rings. The van der Waals surface area contributed by atoms with Crippen molar-refractivity contribution < 1.29 is 18.1 Å². The number of sulfonamides is 1. The zero-order chi connectivity index (χ0) is 19.8. The van der Waals surface area contributed by atoms with Crippen LogP contribution in [-0.4, -0.2) is 25.3 Å². The molecule has 0 unspecified atom stereocenters. The van der Waals surface area contributed by atoms with Gasteiger partial charge in [0.15, 0.2) is 0 Å². The van der Waals surface area contributed by atoms with Crippen LogP contribution in [0.15, 0.2) is 41.3 Å². The van der Waals surface area contributed by atoms with Gasteiger partial charge in [-0.2, -0.15) is 0 Å². The Morgan fingerprint density at radius 3 is 2.41 bits per heavy atom. The van der Waals surface area contributed by atoms with E-state index in [1.165, 1.54) is 18.2 Å². The Balaban J connectivity index is 1.87. The lowest BCUT2D eigenvalue weighted by Gasteiger charge is -2.11. The standard InChI is InChI=1S/C18H19N3O5S/c1-11-4-8-15(27(25,26)20-13-6-7-13)10-16(11)18(22)19-14-5-3-12(2)17(9-14)21(23)24/h3-5,8-10,13,20H,6-7H2,1-2H3,(H,19,22). The number of benzene rings is 2. The van der Waals surface area contributed by atoms with Crippen LogP contribution in [0.2, 0.25) is 0 Å². The largest absolute Gasteiger partial charge is 0.322 e. The van der Waals surface area contributed by atoms with E-state index < -0.39 is 20.9 Å². The van der Waals surface area contributed by atoms with Crippen molar-refractivity contribution in [3.05, 3.63) is 63.2 Å². The molecule has 0 spiro atoms. The fraction of sp³-hybridized carbons (Fsp3) is 0.278. The third-order valence-corrected chi connectivity index (χ3v) is 5.85. The number of rotatable bonds is 6. The van der Waals surface area contributed by atoms with Crippen molar-refractivity contribution in [2.24, 2.45) is 0 Å². The summed E-state index contributed by atoms with van der Waals surface area (Å²) < 4.78 is 27.3. The first-order valence-electron chi connectivity index (χ1n) is 8.37. The summed E-state index contributed by atoms with van der Waals surface area (Å²) in [4.78, 5) is 23.2. The maximum Gasteiger partial charge on any atom is 0.274 e. The molecule has 0 saturated heterocycles. The molecule has 0 heterocycles. The molecule has 0 aliphatic heterocycles. The third kappa shape index (κ3) is 4.32. The first-order valence-corrected chi connectivity index (χ1v) is 9.85. The molecular formula is C18H19N3O5S. The number of hydrogen-bond donors (Lipinski definition) is 2. The van der Waals surface area contributed by atoms with Gasteiger partial charge in [0.25, 0.3) is 11.6 Å². The quantitative estimate of drug-likeness (QED) is 0.582. The minimum atomic E-state index is -3.69. The Labute approximate surface area is 156 Å². The predicted octanol–water partition coefficient (Wildman–Crippen LogP) is 2.90. The van der Waals surface area contributed by atoms with Gasteiger partial charge >= 0.3 is 0 Å². The molecule has 0 aromatic heterocycles. The van der Waals surface area contributed by atoms with Crippen molar-refractivity contribution in [2.45, 2.75) is 37.6 Å². The van der Waals surface area contributed by atoms with Gasteiger partial charge in [0.1, 0.15) is 0 Å². The Morgan fingerprint density at radius 1 is 1.11 bits per heavy atom. The molecule has 0 bridgehead atoms. The van der Waals surface area contributed by atoms with Gasteiger partial charge in [-0.05, 0) is 50.5 Å². The summed E-state index contributed by atoms with van der Waals surface area (Å²) in [6.07, 6.45) is 1.62. The summed E-state index contributed by atoms with van der Waals surface area (Å²) in [5.41, 5.74) is 1.43. The first-order chi connectivity index (χ1) is 12.7. The number of aryl methyl sites for hydroxylation is 2. The van der Waals surface area contributed by atoms with Crippen LogP contribution in [0.4, 0.5) is 11.4 Å². The van der Waals surface area contributed by atoms with Crippen LogP contribution >= 0.6 is 0 Å². The van der Waals surface area contributed by atoms with Crippen LogP contribution in [0.1, 0.15) is 34.3 Å². The molecule has 3 rings (SSSR count). The van der Waals surface area contributed by atoms with Gasteiger partial charge in [-0.3, -0.25) is 14.9 Å². The SMILES string of the molecule is Cc1ccc(S(=O)(=O)NC2CC2)cc1C(=O)Nc1ccc(C)c([N+](=O)[O-])c1. The van der Waals surface area contributed by atoms with E-state index in [-0.39, 0.29) is 27.9 Å². The van der Waals surface area contributed by atoms with Crippen molar-refractivity contribution in [3.63, 3.8) is 0 Å². The second-order valence-electron chi connectivity index (χ2n) is 6.58. The zero-order valence-corrected chi connectivity index (χ0v) is 15.7. The number of anilines is 1. The van der Waals surface area contributed by atoms with E-state index in [1.54, 1.807) is 32.0 Å². The summed E-state index contributed by atoms with van der Waals surface area (Å²) in [5, 5.41) is 13.6. The number of nitrogens with zero attached hydrogens (tertiary/aromatic N) is 1. The number of carbonyl (C=O) groups is 1. The molecule has 0 radical (unpaired) electrons. The summed E-state index contributed by atoms with van der Waals surface area (Å²) in [6.45, 7) is 3.30. The summed E-state index contributed by atoms with van der Waals surface area (Å²) in [5.74, 6) is -0.533. The van der Waals surface area contributed by atoms with E-state index in [1.807, 2.05) is 0 Å². The number of amides is 1. The molecule has 1 amide bonds. The molecule has 27 heavy (non-hydrogen) atoms. The second kappa shape index (κ2) is 7.09. The van der Waals surface area contributed by atoms with Crippen LogP contribution in [-0.2, 0) is 10.0 Å². The van der Waals surface area contributed by atoms with Gasteiger partial charge < -0.3 is 5.32 Å². The van der Waals surface area contributed by atoms with E-state index in [2.05, 4.69) is 10.0 Å². The lowest BCUT2D eigenvalue weighted by Crippen LogP contribution is -2.26. The second-order valence-corrected chi connectivity index (χ2v) is 8.30. The lowest BCUT2D eigenvalue weighted by molar-refractivity contribution is -0.385. The monoisotopic (exact) mass is 389 g/mol. The first kappa shape index (κ1) is 19.0. The van der Waals surface area contributed by atoms with Gasteiger partial charge in [-0.15, -0.1) is 0 Å². The minimum Gasteiger partial charge on any atom is -0.322 e. The van der Waals surface area contributed by atoms with Crippen molar-refractivity contribution >= 4 is 27.3 Å². The molecular weight excluding hydrogens is 370 g/mol. The van der Waals surface area contributed by atoms with Crippen LogP contribution in [0.3, 0.4) is 0 Å². The molecule has 0 atom stereocenters. The number of nitro groups is 1. The highest BCUT2D eigenvalue weighted by Crippen LogP contribution is 2.25. The average molecular weight is 389 g/mol. The number of nitro benzene ring substituents is 1. The van der Waals surface area contributed by atoms with Crippen molar-refractivity contribution in [3.8, 4) is 0 Å². The van der Waals surface area contributed by atoms with Gasteiger partial charge in [0.05, 0.1) is 9.82 Å². The molecule has 1 saturated carbocycles. The van der Waals surface area contributed by atoms with E-state index in [4.69, 9.17) is 0 Å². The third-order valence-electron chi connectivity index (χ3n) is 4.33. The molecule has 9 heteroatoms. The normalized spacial score (nSPS) is 14.0. The molecule has 142 valence electrons. The van der Waals surface area contributed by atoms with Gasteiger partial charge in [0.2, 0.25) is 10.0 Å². The van der Waals surface area contributed by atoms with Crippen LogP contribution in [0.25, 0.3) is 0 Å². The van der Waals surface area contributed by atoms with E-state index in [9.17, 15) is 23.3 Å². The van der Waals surface area contributed by atoms with E-state index in [0.717, 1.165) is 12.8 Å². The number of nitrogens with one attached hydrogen (secondary N) is 2. The fourth-order valence-corrected chi connectivity index (χ4v) is 3.91. The Bertz CT molecular complexity index is 1030. The fourth-order valence-electron chi connectivity index (χ4n) is 2.58.